The Labute approximate surface area is 108 Å². The summed E-state index contributed by atoms with van der Waals surface area (Å²) in [5.41, 5.74) is 1.92. The minimum absolute atomic E-state index is 0.190. The van der Waals surface area contributed by atoms with Crippen LogP contribution in [0.5, 0.6) is 0 Å². The molecule has 102 valence electrons. The summed E-state index contributed by atoms with van der Waals surface area (Å²) in [5.74, 6) is 0.190. The summed E-state index contributed by atoms with van der Waals surface area (Å²) in [6.07, 6.45) is -3.22. The molecule has 19 heavy (non-hydrogen) atoms. The molecule has 0 aliphatic heterocycles. The Kier molecular flexibility index (Phi) is 3.46. The molecule has 7 heteroatoms. The summed E-state index contributed by atoms with van der Waals surface area (Å²) < 4.78 is 37.6. The molecule has 0 spiro atoms. The van der Waals surface area contributed by atoms with Crippen molar-refractivity contribution in [2.75, 3.05) is 5.32 Å². The van der Waals surface area contributed by atoms with Crippen molar-refractivity contribution in [2.45, 2.75) is 26.6 Å². The van der Waals surface area contributed by atoms with E-state index in [0.717, 1.165) is 35.3 Å². The van der Waals surface area contributed by atoms with Crippen molar-refractivity contribution >= 4 is 5.82 Å². The molecule has 0 saturated carbocycles. The summed E-state index contributed by atoms with van der Waals surface area (Å²) in [7, 11) is 0. The van der Waals surface area contributed by atoms with Crippen molar-refractivity contribution in [1.29, 1.82) is 0 Å². The molecule has 0 aliphatic carbocycles. The molecule has 2 aromatic heterocycles. The number of aryl methyl sites for hydroxylation is 2. The average Bonchev–Trinajstić information content (AvgIpc) is 2.66. The zero-order valence-electron chi connectivity index (χ0n) is 10.5. The molecular formula is C12H13F3N4. The first-order valence-electron chi connectivity index (χ1n) is 5.65. The molecule has 2 rings (SSSR count). The van der Waals surface area contributed by atoms with E-state index in [9.17, 15) is 13.2 Å². The third kappa shape index (κ3) is 3.04. The van der Waals surface area contributed by atoms with Gasteiger partial charge in [0.1, 0.15) is 5.82 Å². The fourth-order valence-electron chi connectivity index (χ4n) is 1.72. The number of halogens is 3. The number of hydrogen-bond acceptors (Lipinski definition) is 3. The van der Waals surface area contributed by atoms with Crippen molar-refractivity contribution in [1.82, 2.24) is 15.2 Å². The van der Waals surface area contributed by atoms with Gasteiger partial charge in [-0.15, -0.1) is 0 Å². The number of anilines is 1. The van der Waals surface area contributed by atoms with E-state index in [1.807, 2.05) is 13.8 Å². The number of rotatable bonds is 3. The quantitative estimate of drug-likeness (QED) is 0.901. The summed E-state index contributed by atoms with van der Waals surface area (Å²) in [5, 5.41) is 9.71. The highest BCUT2D eigenvalue weighted by Gasteiger charge is 2.30. The van der Waals surface area contributed by atoms with Gasteiger partial charge in [0, 0.05) is 24.0 Å². The molecule has 0 aromatic carbocycles. The van der Waals surface area contributed by atoms with Crippen LogP contribution in [0.3, 0.4) is 0 Å². The van der Waals surface area contributed by atoms with Crippen molar-refractivity contribution in [3.63, 3.8) is 0 Å². The monoisotopic (exact) mass is 270 g/mol. The fraction of sp³-hybridized carbons (Fsp3) is 0.333. The van der Waals surface area contributed by atoms with Crippen LogP contribution < -0.4 is 5.32 Å². The van der Waals surface area contributed by atoms with Crippen molar-refractivity contribution < 1.29 is 13.2 Å². The number of nitrogens with one attached hydrogen (secondary N) is 2. The molecule has 0 saturated heterocycles. The van der Waals surface area contributed by atoms with E-state index in [-0.39, 0.29) is 5.82 Å². The van der Waals surface area contributed by atoms with Crippen LogP contribution >= 0.6 is 0 Å². The number of hydrogen-bond donors (Lipinski definition) is 2. The maximum atomic E-state index is 12.5. The predicted molar refractivity (Wildman–Crippen MR) is 64.6 cm³/mol. The standard InChI is InChI=1S/C12H13F3N4/c1-7-10(8(2)19-18-7)6-17-11-5-9(3-4-16-11)12(13,14)15/h3-5H,6H2,1-2H3,(H,16,17)(H,18,19). The molecule has 0 aliphatic rings. The number of aromatic nitrogens is 3. The second-order valence-electron chi connectivity index (χ2n) is 4.19. The first kappa shape index (κ1) is 13.4. The Morgan fingerprint density at radius 3 is 2.63 bits per heavy atom. The number of pyridine rings is 1. The zero-order chi connectivity index (χ0) is 14.0. The van der Waals surface area contributed by atoms with Gasteiger partial charge in [0.15, 0.2) is 0 Å². The molecule has 4 nitrogen and oxygen atoms in total. The minimum atomic E-state index is -4.36. The van der Waals surface area contributed by atoms with E-state index in [1.54, 1.807) is 0 Å². The Hall–Kier alpha value is -2.05. The first-order chi connectivity index (χ1) is 8.88. The molecule has 0 fully saturated rings. The van der Waals surface area contributed by atoms with E-state index in [1.165, 1.54) is 0 Å². The van der Waals surface area contributed by atoms with Crippen LogP contribution in [0.15, 0.2) is 18.3 Å². The van der Waals surface area contributed by atoms with E-state index in [2.05, 4.69) is 20.5 Å². The molecule has 2 N–H and O–H groups in total. The van der Waals surface area contributed by atoms with Crippen LogP contribution in [0.2, 0.25) is 0 Å². The van der Waals surface area contributed by atoms with Gasteiger partial charge < -0.3 is 5.32 Å². The lowest BCUT2D eigenvalue weighted by molar-refractivity contribution is -0.137. The van der Waals surface area contributed by atoms with Crippen LogP contribution in [0.25, 0.3) is 0 Å². The van der Waals surface area contributed by atoms with Gasteiger partial charge in [-0.1, -0.05) is 0 Å². The number of aromatic amines is 1. The predicted octanol–water partition coefficient (Wildman–Crippen LogP) is 3.05. The highest BCUT2D eigenvalue weighted by atomic mass is 19.4. The first-order valence-corrected chi connectivity index (χ1v) is 5.65. The molecule has 0 unspecified atom stereocenters. The van der Waals surface area contributed by atoms with E-state index >= 15 is 0 Å². The normalized spacial score (nSPS) is 11.6. The van der Waals surface area contributed by atoms with Crippen LogP contribution in [0.4, 0.5) is 19.0 Å². The second kappa shape index (κ2) is 4.91. The van der Waals surface area contributed by atoms with Gasteiger partial charge in [0.25, 0.3) is 0 Å². The highest BCUT2D eigenvalue weighted by molar-refractivity contribution is 5.40. The SMILES string of the molecule is Cc1n[nH]c(C)c1CNc1cc(C(F)(F)F)ccn1. The van der Waals surface area contributed by atoms with Gasteiger partial charge in [0.05, 0.1) is 11.3 Å². The molecule has 0 atom stereocenters. The molecular weight excluding hydrogens is 257 g/mol. The Morgan fingerprint density at radius 2 is 2.05 bits per heavy atom. The minimum Gasteiger partial charge on any atom is -0.366 e. The summed E-state index contributed by atoms with van der Waals surface area (Å²) >= 11 is 0. The van der Waals surface area contributed by atoms with Gasteiger partial charge >= 0.3 is 6.18 Å². The van der Waals surface area contributed by atoms with Crippen LogP contribution in [-0.2, 0) is 12.7 Å². The van der Waals surface area contributed by atoms with Crippen LogP contribution in [0, 0.1) is 13.8 Å². The van der Waals surface area contributed by atoms with E-state index in [4.69, 9.17) is 0 Å². The van der Waals surface area contributed by atoms with Crippen molar-refractivity contribution in [2.24, 2.45) is 0 Å². The highest BCUT2D eigenvalue weighted by Crippen LogP contribution is 2.30. The lowest BCUT2D eigenvalue weighted by atomic mass is 10.2. The molecule has 0 radical (unpaired) electrons. The van der Waals surface area contributed by atoms with Gasteiger partial charge in [-0.25, -0.2) is 4.98 Å². The zero-order valence-corrected chi connectivity index (χ0v) is 10.5. The van der Waals surface area contributed by atoms with Crippen molar-refractivity contribution in [3.05, 3.63) is 40.8 Å². The van der Waals surface area contributed by atoms with Gasteiger partial charge in [-0.05, 0) is 26.0 Å². The molecule has 0 amide bonds. The number of alkyl halides is 3. The Bertz CT molecular complexity index is 555. The topological polar surface area (TPSA) is 53.6 Å². The Morgan fingerprint density at radius 1 is 1.32 bits per heavy atom. The maximum absolute atomic E-state index is 12.5. The van der Waals surface area contributed by atoms with E-state index in [0.29, 0.717) is 6.54 Å². The largest absolute Gasteiger partial charge is 0.416 e. The smallest absolute Gasteiger partial charge is 0.366 e. The molecule has 2 heterocycles. The van der Waals surface area contributed by atoms with Gasteiger partial charge in [-0.2, -0.15) is 18.3 Å². The average molecular weight is 270 g/mol. The van der Waals surface area contributed by atoms with E-state index < -0.39 is 11.7 Å². The lowest BCUT2D eigenvalue weighted by Gasteiger charge is -2.09. The number of nitrogens with zero attached hydrogens (tertiary/aromatic N) is 2. The van der Waals surface area contributed by atoms with Crippen molar-refractivity contribution in [3.8, 4) is 0 Å². The summed E-state index contributed by atoms with van der Waals surface area (Å²) in [6, 6.07) is 1.93. The maximum Gasteiger partial charge on any atom is 0.416 e. The number of H-pyrrole nitrogens is 1. The van der Waals surface area contributed by atoms with Gasteiger partial charge in [0.2, 0.25) is 0 Å². The van der Waals surface area contributed by atoms with Crippen LogP contribution in [-0.4, -0.2) is 15.2 Å². The third-order valence-corrected chi connectivity index (χ3v) is 2.81. The fourth-order valence-corrected chi connectivity index (χ4v) is 1.72. The third-order valence-electron chi connectivity index (χ3n) is 2.81. The Balaban J connectivity index is 2.12. The lowest BCUT2D eigenvalue weighted by Crippen LogP contribution is -2.08. The van der Waals surface area contributed by atoms with Gasteiger partial charge in [-0.3, -0.25) is 5.10 Å². The molecule has 2 aromatic rings. The molecule has 0 bridgehead atoms. The summed E-state index contributed by atoms with van der Waals surface area (Å²) in [6.45, 7) is 4.07. The second-order valence-corrected chi connectivity index (χ2v) is 4.19. The van der Waals surface area contributed by atoms with Crippen LogP contribution in [0.1, 0.15) is 22.5 Å². The summed E-state index contributed by atoms with van der Waals surface area (Å²) in [4.78, 5) is 3.87.